The maximum atomic E-state index is 13.1. The van der Waals surface area contributed by atoms with E-state index in [4.69, 9.17) is 0 Å². The van der Waals surface area contributed by atoms with Gasteiger partial charge in [0.05, 0.1) is 5.75 Å². The first kappa shape index (κ1) is 17.9. The summed E-state index contributed by atoms with van der Waals surface area (Å²) >= 11 is 0. The van der Waals surface area contributed by atoms with Gasteiger partial charge in [-0.1, -0.05) is 12.1 Å². The highest BCUT2D eigenvalue weighted by Crippen LogP contribution is 2.43. The Morgan fingerprint density at radius 3 is 2.54 bits per heavy atom. The van der Waals surface area contributed by atoms with Gasteiger partial charge >= 0.3 is 0 Å². The number of hydrogen-bond donors (Lipinski definition) is 0. The summed E-state index contributed by atoms with van der Waals surface area (Å²) < 4.78 is 40.5. The van der Waals surface area contributed by atoms with Crippen LogP contribution in [-0.2, 0) is 20.6 Å². The lowest BCUT2D eigenvalue weighted by atomic mass is 9.74. The van der Waals surface area contributed by atoms with Crippen LogP contribution in [0, 0.1) is 11.2 Å². The largest absolute Gasteiger partial charge is 0.339 e. The molecular formula is C19H25FN2O3S. The van der Waals surface area contributed by atoms with Gasteiger partial charge in [0.1, 0.15) is 5.82 Å². The van der Waals surface area contributed by atoms with Gasteiger partial charge in [-0.3, -0.25) is 4.79 Å². The SMILES string of the molecule is O=C1CC[C@@]2(CCCN(S(=O)(=O)Cc3ccc(F)cc3)C2)CN1C1CC1. The molecule has 2 aliphatic heterocycles. The van der Waals surface area contributed by atoms with Crippen LogP contribution in [0.5, 0.6) is 0 Å². The Hall–Kier alpha value is -1.47. The van der Waals surface area contributed by atoms with Gasteiger partial charge in [-0.15, -0.1) is 0 Å². The number of likely N-dealkylation sites (tertiary alicyclic amines) is 1. The fourth-order valence-electron chi connectivity index (χ4n) is 4.38. The third-order valence-electron chi connectivity index (χ3n) is 5.97. The van der Waals surface area contributed by atoms with Gasteiger partial charge in [0.25, 0.3) is 0 Å². The van der Waals surface area contributed by atoms with Crippen molar-refractivity contribution in [3.05, 3.63) is 35.6 Å². The molecule has 5 nitrogen and oxygen atoms in total. The second-order valence-electron chi connectivity index (χ2n) is 8.07. The number of hydrogen-bond acceptors (Lipinski definition) is 3. The van der Waals surface area contributed by atoms with Crippen LogP contribution >= 0.6 is 0 Å². The Morgan fingerprint density at radius 1 is 1.12 bits per heavy atom. The number of rotatable bonds is 4. The molecule has 1 aromatic carbocycles. The molecule has 0 radical (unpaired) electrons. The molecule has 26 heavy (non-hydrogen) atoms. The Balaban J connectivity index is 1.48. The molecule has 0 aromatic heterocycles. The second-order valence-corrected chi connectivity index (χ2v) is 10.0. The minimum atomic E-state index is -3.45. The third-order valence-corrected chi connectivity index (χ3v) is 7.76. The van der Waals surface area contributed by atoms with Gasteiger partial charge in [0.15, 0.2) is 0 Å². The molecular weight excluding hydrogens is 355 g/mol. The molecule has 1 saturated carbocycles. The monoisotopic (exact) mass is 380 g/mol. The van der Waals surface area contributed by atoms with E-state index < -0.39 is 10.0 Å². The number of benzene rings is 1. The van der Waals surface area contributed by atoms with Crippen molar-refractivity contribution in [3.8, 4) is 0 Å². The lowest BCUT2D eigenvalue weighted by molar-refractivity contribution is -0.139. The molecule has 0 bridgehead atoms. The number of sulfonamides is 1. The van der Waals surface area contributed by atoms with Crippen molar-refractivity contribution >= 4 is 15.9 Å². The summed E-state index contributed by atoms with van der Waals surface area (Å²) in [6, 6.07) is 6.03. The Labute approximate surface area is 154 Å². The first-order valence-corrected chi connectivity index (χ1v) is 11.0. The van der Waals surface area contributed by atoms with Crippen molar-refractivity contribution in [2.75, 3.05) is 19.6 Å². The quantitative estimate of drug-likeness (QED) is 0.807. The molecule has 1 atom stereocenters. The number of carbonyl (C=O) groups is 1. The van der Waals surface area contributed by atoms with Crippen molar-refractivity contribution < 1.29 is 17.6 Å². The predicted molar refractivity (Wildman–Crippen MR) is 96.2 cm³/mol. The van der Waals surface area contributed by atoms with Crippen LogP contribution in [0.2, 0.25) is 0 Å². The lowest BCUT2D eigenvalue weighted by Crippen LogP contribution is -2.55. The van der Waals surface area contributed by atoms with Crippen molar-refractivity contribution in [2.45, 2.75) is 50.3 Å². The molecule has 3 fully saturated rings. The molecule has 2 heterocycles. The van der Waals surface area contributed by atoms with Gasteiger partial charge in [-0.25, -0.2) is 17.1 Å². The smallest absolute Gasteiger partial charge is 0.222 e. The summed E-state index contributed by atoms with van der Waals surface area (Å²) in [7, 11) is -3.45. The second kappa shape index (κ2) is 6.60. The Morgan fingerprint density at radius 2 is 1.85 bits per heavy atom. The molecule has 1 aliphatic carbocycles. The highest BCUT2D eigenvalue weighted by atomic mass is 32.2. The normalized spacial score (nSPS) is 27.9. The maximum Gasteiger partial charge on any atom is 0.222 e. The molecule has 1 spiro atoms. The summed E-state index contributed by atoms with van der Waals surface area (Å²) in [5, 5.41) is 0. The molecule has 3 aliphatic rings. The molecule has 4 rings (SSSR count). The highest BCUT2D eigenvalue weighted by molar-refractivity contribution is 7.88. The zero-order chi connectivity index (χ0) is 18.4. The van der Waals surface area contributed by atoms with Crippen molar-refractivity contribution in [1.82, 2.24) is 9.21 Å². The summed E-state index contributed by atoms with van der Waals surface area (Å²) in [4.78, 5) is 14.2. The molecule has 1 amide bonds. The van der Waals surface area contributed by atoms with E-state index in [2.05, 4.69) is 0 Å². The van der Waals surface area contributed by atoms with E-state index in [-0.39, 0.29) is 22.9 Å². The standard InChI is InChI=1S/C19H25FN2O3S/c20-16-4-2-15(3-5-16)12-26(24,25)21-11-1-9-19(13-21)10-8-18(23)22(14-19)17-6-7-17/h2-5,17H,1,6-14H2/t19-/m1/s1. The molecule has 0 N–H and O–H groups in total. The van der Waals surface area contributed by atoms with Crippen LogP contribution in [-0.4, -0.2) is 49.2 Å². The number of piperidine rings is 2. The van der Waals surface area contributed by atoms with Crippen LogP contribution in [0.1, 0.15) is 44.1 Å². The van der Waals surface area contributed by atoms with Gasteiger partial charge in [0, 0.05) is 37.5 Å². The fourth-order valence-corrected chi connectivity index (χ4v) is 6.05. The van der Waals surface area contributed by atoms with E-state index in [1.807, 2.05) is 4.90 Å². The van der Waals surface area contributed by atoms with Gasteiger partial charge < -0.3 is 4.90 Å². The molecule has 142 valence electrons. The molecule has 0 unspecified atom stereocenters. The van der Waals surface area contributed by atoms with Crippen molar-refractivity contribution in [2.24, 2.45) is 5.41 Å². The maximum absolute atomic E-state index is 13.1. The Kier molecular flexibility index (Phi) is 4.55. The minimum Gasteiger partial charge on any atom is -0.339 e. The Bertz CT molecular complexity index is 792. The van der Waals surface area contributed by atoms with Crippen molar-refractivity contribution in [1.29, 1.82) is 0 Å². The number of nitrogens with zero attached hydrogens (tertiary/aromatic N) is 2. The van der Waals surface area contributed by atoms with Crippen LogP contribution < -0.4 is 0 Å². The number of amides is 1. The number of carbonyl (C=O) groups excluding carboxylic acids is 1. The van der Waals surface area contributed by atoms with Crippen LogP contribution in [0.25, 0.3) is 0 Å². The molecule has 2 saturated heterocycles. The lowest BCUT2D eigenvalue weighted by Gasteiger charge is -2.48. The van der Waals surface area contributed by atoms with Crippen LogP contribution in [0.15, 0.2) is 24.3 Å². The summed E-state index contributed by atoms with van der Waals surface area (Å²) in [5.74, 6) is -0.242. The zero-order valence-electron chi connectivity index (χ0n) is 14.9. The van der Waals surface area contributed by atoms with Gasteiger partial charge in [-0.2, -0.15) is 0 Å². The zero-order valence-corrected chi connectivity index (χ0v) is 15.7. The molecule has 1 aromatic rings. The van der Waals surface area contributed by atoms with Gasteiger partial charge in [-0.05, 0) is 49.8 Å². The summed E-state index contributed by atoms with van der Waals surface area (Å²) in [6.45, 7) is 1.72. The molecule has 7 heteroatoms. The van der Waals surface area contributed by atoms with Gasteiger partial charge in [0.2, 0.25) is 15.9 Å². The first-order chi connectivity index (χ1) is 12.4. The highest BCUT2D eigenvalue weighted by Gasteiger charge is 2.47. The van der Waals surface area contributed by atoms with E-state index in [0.29, 0.717) is 37.7 Å². The first-order valence-electron chi connectivity index (χ1n) is 9.39. The fraction of sp³-hybridized carbons (Fsp3) is 0.632. The van der Waals surface area contributed by atoms with Crippen LogP contribution in [0.4, 0.5) is 4.39 Å². The summed E-state index contributed by atoms with van der Waals surface area (Å²) in [5.41, 5.74) is 0.495. The van der Waals surface area contributed by atoms with E-state index >= 15 is 0 Å². The van der Waals surface area contributed by atoms with E-state index in [9.17, 15) is 17.6 Å². The predicted octanol–water partition coefficient (Wildman–Crippen LogP) is 2.52. The third kappa shape index (κ3) is 3.64. The topological polar surface area (TPSA) is 57.7 Å². The van der Waals surface area contributed by atoms with E-state index in [0.717, 1.165) is 32.1 Å². The van der Waals surface area contributed by atoms with Crippen LogP contribution in [0.3, 0.4) is 0 Å². The summed E-state index contributed by atoms with van der Waals surface area (Å²) in [6.07, 6.45) is 5.27. The van der Waals surface area contributed by atoms with E-state index in [1.165, 1.54) is 24.3 Å². The number of halogens is 1. The van der Waals surface area contributed by atoms with E-state index in [1.54, 1.807) is 4.31 Å². The average molecular weight is 380 g/mol. The van der Waals surface area contributed by atoms with Crippen molar-refractivity contribution in [3.63, 3.8) is 0 Å². The average Bonchev–Trinajstić information content (AvgIpc) is 3.44. The minimum absolute atomic E-state index is 0.103.